The number of hydrogen-bond donors (Lipinski definition) is 2. The molecule has 19 heavy (non-hydrogen) atoms. The van der Waals surface area contributed by atoms with Gasteiger partial charge in [-0.25, -0.2) is 0 Å². The Kier molecular flexibility index (Phi) is 4.88. The summed E-state index contributed by atoms with van der Waals surface area (Å²) in [5.41, 5.74) is 5.26. The Labute approximate surface area is 115 Å². The molecular weight excluding hydrogens is 234 g/mol. The molecule has 0 fully saturated rings. The highest BCUT2D eigenvalue weighted by Gasteiger charge is 2.17. The van der Waals surface area contributed by atoms with Crippen molar-refractivity contribution in [2.24, 2.45) is 11.8 Å². The van der Waals surface area contributed by atoms with Crippen molar-refractivity contribution in [3.05, 3.63) is 42.1 Å². The third-order valence-corrected chi connectivity index (χ3v) is 3.98. The zero-order chi connectivity index (χ0) is 13.7. The molecule has 0 spiro atoms. The third-order valence-electron chi connectivity index (χ3n) is 3.98. The van der Waals surface area contributed by atoms with Crippen LogP contribution in [0.5, 0.6) is 0 Å². The van der Waals surface area contributed by atoms with Gasteiger partial charge in [0.2, 0.25) is 0 Å². The van der Waals surface area contributed by atoms with E-state index in [1.807, 2.05) is 18.3 Å². The molecule has 2 rings (SSSR count). The Morgan fingerprint density at radius 1 is 1.16 bits per heavy atom. The van der Waals surface area contributed by atoms with Gasteiger partial charge in [0.05, 0.1) is 5.52 Å². The monoisotopic (exact) mass is 257 g/mol. The van der Waals surface area contributed by atoms with Crippen molar-refractivity contribution in [3.8, 4) is 0 Å². The van der Waals surface area contributed by atoms with Crippen molar-refractivity contribution in [1.29, 1.82) is 0 Å². The number of nitrogens with two attached hydrogens (primary N) is 1. The van der Waals surface area contributed by atoms with Crippen LogP contribution in [0.3, 0.4) is 0 Å². The highest BCUT2D eigenvalue weighted by atomic mass is 15.2. The van der Waals surface area contributed by atoms with Crippen molar-refractivity contribution in [1.82, 2.24) is 10.4 Å². The lowest BCUT2D eigenvalue weighted by Gasteiger charge is -2.22. The molecule has 1 heterocycles. The van der Waals surface area contributed by atoms with Gasteiger partial charge in [-0.05, 0) is 30.0 Å². The largest absolute Gasteiger partial charge is 0.271 e. The first-order chi connectivity index (χ1) is 9.30. The molecule has 3 nitrogen and oxygen atoms in total. The highest BCUT2D eigenvalue weighted by molar-refractivity contribution is 5.82. The molecule has 0 aliphatic rings. The van der Waals surface area contributed by atoms with Crippen LogP contribution in [0.4, 0.5) is 0 Å². The molecule has 0 saturated heterocycles. The van der Waals surface area contributed by atoms with E-state index in [9.17, 15) is 0 Å². The van der Waals surface area contributed by atoms with E-state index in [1.165, 1.54) is 23.8 Å². The summed E-state index contributed by atoms with van der Waals surface area (Å²) in [5, 5.41) is 1.19. The average Bonchev–Trinajstić information content (AvgIpc) is 2.48. The second-order valence-electron chi connectivity index (χ2n) is 5.05. The number of nitrogens with one attached hydrogen (secondary N) is 1. The van der Waals surface area contributed by atoms with Gasteiger partial charge >= 0.3 is 0 Å². The van der Waals surface area contributed by atoms with Crippen LogP contribution in [-0.4, -0.2) is 4.98 Å². The first-order valence-electron chi connectivity index (χ1n) is 7.09. The number of aromatic nitrogens is 1. The number of hydrogen-bond acceptors (Lipinski definition) is 3. The molecule has 3 N–H and O–H groups in total. The zero-order valence-electron chi connectivity index (χ0n) is 11.8. The Morgan fingerprint density at radius 2 is 1.95 bits per heavy atom. The van der Waals surface area contributed by atoms with Gasteiger partial charge in [0.15, 0.2) is 0 Å². The second kappa shape index (κ2) is 6.64. The SMILES string of the molecule is CCC(CC)CC(NN)c1cccc2ncccc12. The van der Waals surface area contributed by atoms with E-state index in [4.69, 9.17) is 5.84 Å². The lowest BCUT2D eigenvalue weighted by molar-refractivity contribution is 0.376. The number of hydrazine groups is 1. The van der Waals surface area contributed by atoms with Crippen molar-refractivity contribution < 1.29 is 0 Å². The maximum absolute atomic E-state index is 5.78. The molecule has 0 amide bonds. The van der Waals surface area contributed by atoms with Gasteiger partial charge in [-0.2, -0.15) is 0 Å². The van der Waals surface area contributed by atoms with E-state index in [2.05, 4.69) is 42.5 Å². The van der Waals surface area contributed by atoms with Gasteiger partial charge in [0.25, 0.3) is 0 Å². The second-order valence-corrected chi connectivity index (χ2v) is 5.05. The van der Waals surface area contributed by atoms with E-state index < -0.39 is 0 Å². The first kappa shape index (κ1) is 14.0. The van der Waals surface area contributed by atoms with Crippen LogP contribution in [0.25, 0.3) is 10.9 Å². The van der Waals surface area contributed by atoms with E-state index >= 15 is 0 Å². The van der Waals surface area contributed by atoms with Crippen molar-refractivity contribution in [2.45, 2.75) is 39.2 Å². The molecular formula is C16H23N3. The molecule has 0 aliphatic carbocycles. The highest BCUT2D eigenvalue weighted by Crippen LogP contribution is 2.29. The molecule has 1 aromatic carbocycles. The quantitative estimate of drug-likeness (QED) is 0.614. The van der Waals surface area contributed by atoms with Crippen LogP contribution in [0.2, 0.25) is 0 Å². The van der Waals surface area contributed by atoms with Crippen molar-refractivity contribution in [2.75, 3.05) is 0 Å². The summed E-state index contributed by atoms with van der Waals surface area (Å²) in [6, 6.07) is 10.5. The number of nitrogens with zero attached hydrogens (tertiary/aromatic N) is 1. The topological polar surface area (TPSA) is 50.9 Å². The minimum Gasteiger partial charge on any atom is -0.271 e. The summed E-state index contributed by atoms with van der Waals surface area (Å²) in [6.45, 7) is 4.48. The maximum atomic E-state index is 5.78. The van der Waals surface area contributed by atoms with Gasteiger partial charge in [0, 0.05) is 17.6 Å². The van der Waals surface area contributed by atoms with Crippen LogP contribution in [0, 0.1) is 5.92 Å². The lowest BCUT2D eigenvalue weighted by atomic mass is 9.90. The molecule has 0 saturated carbocycles. The molecule has 0 aliphatic heterocycles. The number of rotatable bonds is 6. The Balaban J connectivity index is 2.35. The Hall–Kier alpha value is -1.45. The van der Waals surface area contributed by atoms with Crippen molar-refractivity contribution >= 4 is 10.9 Å². The smallest absolute Gasteiger partial charge is 0.0705 e. The molecule has 0 bridgehead atoms. The van der Waals surface area contributed by atoms with Gasteiger partial charge in [0.1, 0.15) is 0 Å². The molecule has 102 valence electrons. The molecule has 0 radical (unpaired) electrons. The molecule has 3 heteroatoms. The van der Waals surface area contributed by atoms with Gasteiger partial charge in [-0.1, -0.05) is 44.9 Å². The van der Waals surface area contributed by atoms with E-state index in [0.29, 0.717) is 5.92 Å². The van der Waals surface area contributed by atoms with Crippen LogP contribution in [0.15, 0.2) is 36.5 Å². The average molecular weight is 257 g/mol. The van der Waals surface area contributed by atoms with Crippen LogP contribution >= 0.6 is 0 Å². The molecule has 1 atom stereocenters. The van der Waals surface area contributed by atoms with E-state index in [1.54, 1.807) is 0 Å². The van der Waals surface area contributed by atoms with Gasteiger partial charge < -0.3 is 0 Å². The van der Waals surface area contributed by atoms with Crippen LogP contribution in [0.1, 0.15) is 44.7 Å². The van der Waals surface area contributed by atoms with Gasteiger partial charge in [-0.3, -0.25) is 16.3 Å². The first-order valence-corrected chi connectivity index (χ1v) is 7.09. The minimum absolute atomic E-state index is 0.192. The third kappa shape index (κ3) is 3.11. The molecule has 1 aromatic heterocycles. The lowest BCUT2D eigenvalue weighted by Crippen LogP contribution is -2.29. The fraction of sp³-hybridized carbons (Fsp3) is 0.438. The predicted octanol–water partition coefficient (Wildman–Crippen LogP) is 3.57. The zero-order valence-corrected chi connectivity index (χ0v) is 11.8. The van der Waals surface area contributed by atoms with Crippen LogP contribution < -0.4 is 11.3 Å². The Morgan fingerprint density at radius 3 is 2.63 bits per heavy atom. The maximum Gasteiger partial charge on any atom is 0.0705 e. The summed E-state index contributed by atoms with van der Waals surface area (Å²) in [6.07, 6.45) is 5.28. The summed E-state index contributed by atoms with van der Waals surface area (Å²) in [7, 11) is 0. The number of pyridine rings is 1. The van der Waals surface area contributed by atoms with E-state index in [-0.39, 0.29) is 6.04 Å². The number of fused-ring (bicyclic) bond motifs is 1. The molecule has 2 aromatic rings. The number of benzene rings is 1. The predicted molar refractivity (Wildman–Crippen MR) is 80.5 cm³/mol. The standard InChI is InChI=1S/C16H23N3/c1-3-12(4-2)11-16(19-17)14-7-5-9-15-13(14)8-6-10-18-15/h5-10,12,16,19H,3-4,11,17H2,1-2H3. The summed E-state index contributed by atoms with van der Waals surface area (Å²) in [4.78, 5) is 4.41. The summed E-state index contributed by atoms with van der Waals surface area (Å²) < 4.78 is 0. The fourth-order valence-electron chi connectivity index (χ4n) is 2.67. The Bertz CT molecular complexity index is 515. The minimum atomic E-state index is 0.192. The van der Waals surface area contributed by atoms with Crippen LogP contribution in [-0.2, 0) is 0 Å². The molecule has 1 unspecified atom stereocenters. The normalized spacial score (nSPS) is 13.1. The fourth-order valence-corrected chi connectivity index (χ4v) is 2.67. The van der Waals surface area contributed by atoms with Gasteiger partial charge in [-0.15, -0.1) is 0 Å². The summed E-state index contributed by atoms with van der Waals surface area (Å²) >= 11 is 0. The van der Waals surface area contributed by atoms with Crippen molar-refractivity contribution in [3.63, 3.8) is 0 Å². The summed E-state index contributed by atoms with van der Waals surface area (Å²) in [5.74, 6) is 6.48. The van der Waals surface area contributed by atoms with E-state index in [0.717, 1.165) is 11.9 Å².